The maximum atomic E-state index is 12.6. The predicted octanol–water partition coefficient (Wildman–Crippen LogP) is 3.60. The second kappa shape index (κ2) is 6.58. The number of hydrogen-bond donors (Lipinski definition) is 1. The number of methoxy groups -OCH3 is 1. The van der Waals surface area contributed by atoms with E-state index in [9.17, 15) is 9.90 Å². The van der Waals surface area contributed by atoms with Crippen LogP contribution in [0.2, 0.25) is 0 Å². The number of aliphatic hydroxyl groups excluding tert-OH is 1. The summed E-state index contributed by atoms with van der Waals surface area (Å²) in [6, 6.07) is 5.78. The second-order valence-electron chi connectivity index (χ2n) is 8.08. The number of benzene rings is 1. The maximum absolute atomic E-state index is 12.6. The van der Waals surface area contributed by atoms with Crippen molar-refractivity contribution in [3.8, 4) is 11.5 Å². The highest BCUT2D eigenvalue weighted by molar-refractivity contribution is 5.91. The number of ether oxygens (including phenoxy) is 3. The predicted molar refractivity (Wildman–Crippen MR) is 107 cm³/mol. The summed E-state index contributed by atoms with van der Waals surface area (Å²) in [4.78, 5) is 14.7. The van der Waals surface area contributed by atoms with Crippen molar-refractivity contribution in [3.63, 3.8) is 0 Å². The first kappa shape index (κ1) is 18.2. The summed E-state index contributed by atoms with van der Waals surface area (Å²) < 4.78 is 16.9. The zero-order valence-corrected chi connectivity index (χ0v) is 16.7. The first-order valence-electron chi connectivity index (χ1n) is 10.2. The molecule has 5 rings (SSSR count). The number of aliphatic hydroxyl groups is 1. The number of rotatable bonds is 5. The monoisotopic (exact) mass is 395 g/mol. The van der Waals surface area contributed by atoms with Crippen LogP contribution < -0.4 is 9.47 Å². The Bertz CT molecular complexity index is 958. The fraction of sp³-hybridized carbons (Fsp3) is 0.435. The van der Waals surface area contributed by atoms with Gasteiger partial charge in [-0.05, 0) is 43.4 Å². The van der Waals surface area contributed by atoms with Crippen molar-refractivity contribution in [1.29, 1.82) is 0 Å². The van der Waals surface area contributed by atoms with Gasteiger partial charge in [-0.2, -0.15) is 0 Å². The third kappa shape index (κ3) is 2.65. The van der Waals surface area contributed by atoms with Crippen LogP contribution in [0.5, 0.6) is 11.5 Å². The van der Waals surface area contributed by atoms with Crippen LogP contribution in [0.1, 0.15) is 31.7 Å². The molecule has 2 aliphatic carbocycles. The zero-order valence-electron chi connectivity index (χ0n) is 16.7. The minimum Gasteiger partial charge on any atom is -0.508 e. The highest BCUT2D eigenvalue weighted by Crippen LogP contribution is 2.58. The van der Waals surface area contributed by atoms with Crippen LogP contribution in [-0.4, -0.2) is 42.3 Å². The summed E-state index contributed by atoms with van der Waals surface area (Å²) in [5, 5.41) is 11.1. The number of esters is 1. The summed E-state index contributed by atoms with van der Waals surface area (Å²) in [5.41, 5.74) is 1.60. The molecule has 1 aromatic carbocycles. The average Bonchev–Trinajstić information content (AvgIpc) is 3.47. The molecule has 1 fully saturated rings. The Labute approximate surface area is 170 Å². The molecule has 2 atom stereocenters. The molecule has 1 aromatic rings. The summed E-state index contributed by atoms with van der Waals surface area (Å²) in [6.45, 7) is 2.99. The highest BCUT2D eigenvalue weighted by Gasteiger charge is 2.57. The molecule has 1 spiro atoms. The molecule has 6 nitrogen and oxygen atoms in total. The SMILES string of the molecule is CCOC(=O)C1=C(O)[C@@H]2Oc3c(OC)cccc3[C@@]23C=CN(CC2CC2)C=C3C1. The van der Waals surface area contributed by atoms with Gasteiger partial charge in [-0.3, -0.25) is 0 Å². The van der Waals surface area contributed by atoms with E-state index < -0.39 is 17.5 Å². The van der Waals surface area contributed by atoms with Crippen molar-refractivity contribution in [2.24, 2.45) is 5.92 Å². The third-order valence-electron chi connectivity index (χ3n) is 6.29. The molecule has 2 aliphatic heterocycles. The summed E-state index contributed by atoms with van der Waals surface area (Å²) in [6.07, 6.45) is 8.45. The lowest BCUT2D eigenvalue weighted by Crippen LogP contribution is -2.46. The van der Waals surface area contributed by atoms with Gasteiger partial charge in [-0.15, -0.1) is 0 Å². The number of carbonyl (C=O) groups excluding carboxylic acids is 1. The number of para-hydroxylation sites is 1. The van der Waals surface area contributed by atoms with Crippen molar-refractivity contribution in [2.45, 2.75) is 37.7 Å². The van der Waals surface area contributed by atoms with Crippen molar-refractivity contribution >= 4 is 5.97 Å². The van der Waals surface area contributed by atoms with E-state index >= 15 is 0 Å². The van der Waals surface area contributed by atoms with Gasteiger partial charge >= 0.3 is 5.97 Å². The lowest BCUT2D eigenvalue weighted by Gasteiger charge is -2.41. The molecule has 0 saturated heterocycles. The van der Waals surface area contributed by atoms with Crippen LogP contribution in [0, 0.1) is 5.92 Å². The maximum Gasteiger partial charge on any atom is 0.337 e. The Kier molecular flexibility index (Phi) is 4.12. The van der Waals surface area contributed by atoms with Crippen molar-refractivity contribution < 1.29 is 24.1 Å². The zero-order chi connectivity index (χ0) is 20.2. The van der Waals surface area contributed by atoms with E-state index in [0.29, 0.717) is 17.9 Å². The van der Waals surface area contributed by atoms with Gasteiger partial charge in [0, 0.05) is 30.9 Å². The van der Waals surface area contributed by atoms with Crippen molar-refractivity contribution in [1.82, 2.24) is 4.90 Å². The number of carbonyl (C=O) groups is 1. The number of fused-ring (bicyclic) bond motifs is 1. The highest BCUT2D eigenvalue weighted by atomic mass is 16.5. The van der Waals surface area contributed by atoms with Gasteiger partial charge in [0.1, 0.15) is 5.76 Å². The van der Waals surface area contributed by atoms with Gasteiger partial charge in [0.05, 0.1) is 24.7 Å². The number of nitrogens with zero attached hydrogens (tertiary/aromatic N) is 1. The standard InChI is InChI=1S/C23H25NO5/c1-3-28-22(26)16-11-15-13-24(12-14-7-8-14)10-9-23(15)17-5-4-6-18(27-2)20(17)29-21(23)19(16)25/h4-6,9-10,13-14,21,25H,3,7-8,11-12H2,1-2H3/t21-,23-/m0/s1. The fourth-order valence-electron chi connectivity index (χ4n) is 4.67. The summed E-state index contributed by atoms with van der Waals surface area (Å²) in [5.74, 6) is 1.41. The van der Waals surface area contributed by atoms with E-state index in [0.717, 1.165) is 23.6 Å². The minimum atomic E-state index is -0.715. The van der Waals surface area contributed by atoms with Crippen LogP contribution in [-0.2, 0) is 14.9 Å². The Hall–Kier alpha value is -2.89. The molecule has 4 aliphatic rings. The van der Waals surface area contributed by atoms with Gasteiger partial charge in [0.25, 0.3) is 0 Å². The van der Waals surface area contributed by atoms with Crippen LogP contribution in [0.3, 0.4) is 0 Å². The average molecular weight is 395 g/mol. The number of hydrogen-bond acceptors (Lipinski definition) is 6. The first-order valence-corrected chi connectivity index (χ1v) is 10.2. The molecule has 2 heterocycles. The van der Waals surface area contributed by atoms with Crippen molar-refractivity contribution in [3.05, 3.63) is 59.1 Å². The lowest BCUT2D eigenvalue weighted by atomic mass is 9.64. The quantitative estimate of drug-likeness (QED) is 0.769. The Balaban J connectivity index is 1.65. The normalized spacial score (nSPS) is 26.9. The van der Waals surface area contributed by atoms with Crippen LogP contribution >= 0.6 is 0 Å². The molecular formula is C23H25NO5. The minimum absolute atomic E-state index is 0.0563. The molecular weight excluding hydrogens is 370 g/mol. The molecule has 1 N–H and O–H groups in total. The second-order valence-corrected chi connectivity index (χ2v) is 8.08. The first-order chi connectivity index (χ1) is 14.1. The van der Waals surface area contributed by atoms with E-state index in [1.165, 1.54) is 12.8 Å². The van der Waals surface area contributed by atoms with Gasteiger partial charge < -0.3 is 24.2 Å². The fourth-order valence-corrected chi connectivity index (χ4v) is 4.67. The van der Waals surface area contributed by atoms with Gasteiger partial charge in [-0.1, -0.05) is 12.1 Å². The van der Waals surface area contributed by atoms with E-state index in [4.69, 9.17) is 14.2 Å². The molecule has 152 valence electrons. The largest absolute Gasteiger partial charge is 0.508 e. The third-order valence-corrected chi connectivity index (χ3v) is 6.29. The Morgan fingerprint density at radius 3 is 2.93 bits per heavy atom. The van der Waals surface area contributed by atoms with Gasteiger partial charge in [0.2, 0.25) is 0 Å². The Morgan fingerprint density at radius 2 is 2.21 bits per heavy atom. The van der Waals surface area contributed by atoms with Crippen LogP contribution in [0.15, 0.2) is 53.6 Å². The smallest absolute Gasteiger partial charge is 0.337 e. The van der Waals surface area contributed by atoms with E-state index in [1.807, 2.05) is 18.2 Å². The molecule has 6 heteroatoms. The van der Waals surface area contributed by atoms with Crippen LogP contribution in [0.4, 0.5) is 0 Å². The molecule has 0 bridgehead atoms. The van der Waals surface area contributed by atoms with Gasteiger partial charge in [-0.25, -0.2) is 4.79 Å². The molecule has 0 amide bonds. The Morgan fingerprint density at radius 1 is 1.38 bits per heavy atom. The lowest BCUT2D eigenvalue weighted by molar-refractivity contribution is -0.139. The molecule has 1 saturated carbocycles. The summed E-state index contributed by atoms with van der Waals surface area (Å²) >= 11 is 0. The van der Waals surface area contributed by atoms with Gasteiger partial charge in [0.15, 0.2) is 17.6 Å². The van der Waals surface area contributed by atoms with E-state index in [1.54, 1.807) is 14.0 Å². The summed E-state index contributed by atoms with van der Waals surface area (Å²) in [7, 11) is 1.60. The molecule has 0 unspecified atom stereocenters. The molecule has 29 heavy (non-hydrogen) atoms. The topological polar surface area (TPSA) is 68.2 Å². The van der Waals surface area contributed by atoms with E-state index in [-0.39, 0.29) is 17.9 Å². The van der Waals surface area contributed by atoms with Crippen molar-refractivity contribution in [2.75, 3.05) is 20.3 Å². The van der Waals surface area contributed by atoms with Crippen LogP contribution in [0.25, 0.3) is 0 Å². The molecule has 0 radical (unpaired) electrons. The van der Waals surface area contributed by atoms with E-state index in [2.05, 4.69) is 23.4 Å². The molecule has 0 aromatic heterocycles.